The van der Waals surface area contributed by atoms with Gasteiger partial charge in [-0.1, -0.05) is 23.7 Å². The van der Waals surface area contributed by atoms with Crippen LogP contribution in [0, 0.1) is 0 Å². The molecule has 2 unspecified atom stereocenters. The van der Waals surface area contributed by atoms with Gasteiger partial charge in [-0.2, -0.15) is 0 Å². The Morgan fingerprint density at radius 3 is 2.74 bits per heavy atom. The van der Waals surface area contributed by atoms with Gasteiger partial charge in [-0.05, 0) is 43.4 Å². The van der Waals surface area contributed by atoms with Crippen molar-refractivity contribution in [2.24, 2.45) is 4.99 Å². The van der Waals surface area contributed by atoms with E-state index >= 15 is 0 Å². The van der Waals surface area contributed by atoms with Crippen molar-refractivity contribution in [3.05, 3.63) is 34.9 Å². The SMILES string of the molecule is CN=C(NC1CCN(CCCOC)CC1)NC1CC1c1cccc(Cl)c1.I. The van der Waals surface area contributed by atoms with Gasteiger partial charge in [-0.25, -0.2) is 0 Å². The molecule has 0 amide bonds. The standard InChI is InChI=1S/C20H31ClN4O.HI/c1-22-20(23-17-7-10-25(11-8-17)9-4-12-26-2)24-19-14-18(19)15-5-3-6-16(21)13-15;/h3,5-6,13,17-19H,4,7-12,14H2,1-2H3,(H2,22,23,24);1H. The van der Waals surface area contributed by atoms with Crippen molar-refractivity contribution in [1.29, 1.82) is 0 Å². The Bertz CT molecular complexity index is 607. The van der Waals surface area contributed by atoms with Crippen LogP contribution in [-0.4, -0.2) is 63.3 Å². The summed E-state index contributed by atoms with van der Waals surface area (Å²) in [6, 6.07) is 9.15. The van der Waals surface area contributed by atoms with Crippen LogP contribution in [0.1, 0.15) is 37.2 Å². The molecule has 152 valence electrons. The van der Waals surface area contributed by atoms with Gasteiger partial charge in [-0.3, -0.25) is 4.99 Å². The number of hydrogen-bond acceptors (Lipinski definition) is 3. The van der Waals surface area contributed by atoms with Crippen molar-refractivity contribution >= 4 is 41.5 Å². The highest BCUT2D eigenvalue weighted by Crippen LogP contribution is 2.41. The Morgan fingerprint density at radius 1 is 1.30 bits per heavy atom. The fourth-order valence-corrected chi connectivity index (χ4v) is 3.93. The average molecular weight is 507 g/mol. The molecule has 0 spiro atoms. The van der Waals surface area contributed by atoms with Crippen LogP contribution in [0.2, 0.25) is 5.02 Å². The minimum Gasteiger partial charge on any atom is -0.385 e. The zero-order chi connectivity index (χ0) is 18.4. The van der Waals surface area contributed by atoms with Crippen LogP contribution in [0.15, 0.2) is 29.3 Å². The predicted molar refractivity (Wildman–Crippen MR) is 124 cm³/mol. The third kappa shape index (κ3) is 7.07. The molecular weight excluding hydrogens is 475 g/mol. The number of halogens is 2. The molecule has 27 heavy (non-hydrogen) atoms. The fraction of sp³-hybridized carbons (Fsp3) is 0.650. The minimum atomic E-state index is 0. The van der Waals surface area contributed by atoms with Crippen LogP contribution in [-0.2, 0) is 4.74 Å². The fourth-order valence-electron chi connectivity index (χ4n) is 3.73. The number of nitrogens with one attached hydrogen (secondary N) is 2. The highest BCUT2D eigenvalue weighted by Gasteiger charge is 2.39. The van der Waals surface area contributed by atoms with Crippen molar-refractivity contribution in [3.63, 3.8) is 0 Å². The molecule has 1 saturated carbocycles. The lowest BCUT2D eigenvalue weighted by Gasteiger charge is -2.33. The molecule has 5 nitrogen and oxygen atoms in total. The van der Waals surface area contributed by atoms with E-state index in [9.17, 15) is 0 Å². The second kappa shape index (κ2) is 11.4. The second-order valence-electron chi connectivity index (χ2n) is 7.33. The molecule has 1 saturated heterocycles. The van der Waals surface area contributed by atoms with Crippen molar-refractivity contribution in [2.75, 3.05) is 40.4 Å². The van der Waals surface area contributed by atoms with E-state index in [-0.39, 0.29) is 24.0 Å². The van der Waals surface area contributed by atoms with E-state index < -0.39 is 0 Å². The highest BCUT2D eigenvalue weighted by atomic mass is 127. The van der Waals surface area contributed by atoms with Crippen molar-refractivity contribution < 1.29 is 4.74 Å². The van der Waals surface area contributed by atoms with Crippen molar-refractivity contribution in [3.8, 4) is 0 Å². The molecular formula is C20H32ClIN4O. The van der Waals surface area contributed by atoms with Crippen LogP contribution in [0.5, 0.6) is 0 Å². The summed E-state index contributed by atoms with van der Waals surface area (Å²) in [5.41, 5.74) is 1.31. The number of guanidine groups is 1. The Balaban J connectivity index is 0.00000261. The third-order valence-electron chi connectivity index (χ3n) is 5.36. The van der Waals surface area contributed by atoms with E-state index in [0.29, 0.717) is 18.0 Å². The van der Waals surface area contributed by atoms with Gasteiger partial charge in [0.2, 0.25) is 0 Å². The third-order valence-corrected chi connectivity index (χ3v) is 5.60. The van der Waals surface area contributed by atoms with Crippen LogP contribution in [0.25, 0.3) is 0 Å². The molecule has 2 N–H and O–H groups in total. The monoisotopic (exact) mass is 506 g/mol. The normalized spacial score (nSPS) is 23.6. The van der Waals surface area contributed by atoms with Gasteiger partial charge in [0.05, 0.1) is 0 Å². The van der Waals surface area contributed by atoms with Gasteiger partial charge in [0, 0.05) is 63.4 Å². The molecule has 2 atom stereocenters. The summed E-state index contributed by atoms with van der Waals surface area (Å²) in [4.78, 5) is 6.96. The topological polar surface area (TPSA) is 48.9 Å². The zero-order valence-electron chi connectivity index (χ0n) is 16.3. The van der Waals surface area contributed by atoms with Crippen molar-refractivity contribution in [1.82, 2.24) is 15.5 Å². The summed E-state index contributed by atoms with van der Waals surface area (Å²) < 4.78 is 5.14. The maximum absolute atomic E-state index is 6.11. The molecule has 0 bridgehead atoms. The van der Waals surface area contributed by atoms with Gasteiger partial charge in [0.15, 0.2) is 5.96 Å². The number of likely N-dealkylation sites (tertiary alicyclic amines) is 1. The Labute approximate surface area is 185 Å². The first-order chi connectivity index (χ1) is 12.7. The molecule has 7 heteroatoms. The van der Waals surface area contributed by atoms with E-state index in [1.54, 1.807) is 7.11 Å². The van der Waals surface area contributed by atoms with Gasteiger partial charge >= 0.3 is 0 Å². The number of ether oxygens (including phenoxy) is 1. The smallest absolute Gasteiger partial charge is 0.191 e. The predicted octanol–water partition coefficient (Wildman–Crippen LogP) is 3.48. The lowest BCUT2D eigenvalue weighted by atomic mass is 10.1. The number of hydrogen-bond donors (Lipinski definition) is 2. The Morgan fingerprint density at radius 2 is 2.07 bits per heavy atom. The van der Waals surface area contributed by atoms with E-state index in [2.05, 4.69) is 32.7 Å². The lowest BCUT2D eigenvalue weighted by molar-refractivity contribution is 0.155. The quantitative estimate of drug-likeness (QED) is 0.257. The summed E-state index contributed by atoms with van der Waals surface area (Å²) in [5.74, 6) is 1.47. The number of methoxy groups -OCH3 is 1. The van der Waals surface area contributed by atoms with Crippen LogP contribution < -0.4 is 10.6 Å². The molecule has 0 radical (unpaired) electrons. The van der Waals surface area contributed by atoms with Crippen LogP contribution in [0.4, 0.5) is 0 Å². The average Bonchev–Trinajstić information content (AvgIpc) is 3.42. The highest BCUT2D eigenvalue weighted by molar-refractivity contribution is 14.0. The molecule has 3 rings (SSSR count). The van der Waals surface area contributed by atoms with Crippen LogP contribution >= 0.6 is 35.6 Å². The van der Waals surface area contributed by atoms with Gasteiger partial charge in [0.1, 0.15) is 0 Å². The first-order valence-electron chi connectivity index (χ1n) is 9.66. The number of piperidine rings is 1. The Hall–Kier alpha value is -0.570. The number of aliphatic imine (C=N–C) groups is 1. The Kier molecular flexibility index (Phi) is 9.62. The molecule has 0 aromatic heterocycles. The maximum Gasteiger partial charge on any atom is 0.191 e. The molecule has 1 aliphatic heterocycles. The zero-order valence-corrected chi connectivity index (χ0v) is 19.4. The molecule has 1 aromatic rings. The number of benzene rings is 1. The minimum absolute atomic E-state index is 0. The number of rotatable bonds is 7. The van der Waals surface area contributed by atoms with E-state index in [1.165, 1.54) is 5.56 Å². The molecule has 1 heterocycles. The van der Waals surface area contributed by atoms with Gasteiger partial charge in [-0.15, -0.1) is 24.0 Å². The largest absolute Gasteiger partial charge is 0.385 e. The lowest BCUT2D eigenvalue weighted by Crippen LogP contribution is -2.49. The summed E-state index contributed by atoms with van der Waals surface area (Å²) in [6.45, 7) is 4.28. The maximum atomic E-state index is 6.11. The summed E-state index contributed by atoms with van der Waals surface area (Å²) in [6.07, 6.45) is 4.58. The molecule has 1 aromatic carbocycles. The van der Waals surface area contributed by atoms with E-state index in [0.717, 1.165) is 62.9 Å². The molecule has 2 aliphatic rings. The molecule has 2 fully saturated rings. The molecule has 1 aliphatic carbocycles. The van der Waals surface area contributed by atoms with Crippen molar-refractivity contribution in [2.45, 2.75) is 43.7 Å². The first kappa shape index (κ1) is 22.7. The summed E-state index contributed by atoms with van der Waals surface area (Å²) in [7, 11) is 3.62. The van der Waals surface area contributed by atoms with E-state index in [4.69, 9.17) is 16.3 Å². The summed E-state index contributed by atoms with van der Waals surface area (Å²) >= 11 is 6.11. The second-order valence-corrected chi connectivity index (χ2v) is 7.76. The number of nitrogens with zero attached hydrogens (tertiary/aromatic N) is 2. The summed E-state index contributed by atoms with van der Waals surface area (Å²) in [5, 5.41) is 8.00. The van der Waals surface area contributed by atoms with Gasteiger partial charge in [0.25, 0.3) is 0 Å². The first-order valence-corrected chi connectivity index (χ1v) is 10.0. The van der Waals surface area contributed by atoms with Gasteiger partial charge < -0.3 is 20.3 Å². The van der Waals surface area contributed by atoms with Crippen LogP contribution in [0.3, 0.4) is 0 Å². The van der Waals surface area contributed by atoms with E-state index in [1.807, 2.05) is 19.2 Å².